The number of carbonyl (C=O) groups excluding carboxylic acids is 2. The largest absolute Gasteiger partial charge is 0.412 e. The van der Waals surface area contributed by atoms with Gasteiger partial charge in [-0.2, -0.15) is 0 Å². The van der Waals surface area contributed by atoms with Crippen molar-refractivity contribution in [2.45, 2.75) is 52.0 Å². The van der Waals surface area contributed by atoms with Gasteiger partial charge in [-0.1, -0.05) is 49.7 Å². The van der Waals surface area contributed by atoms with Crippen LogP contribution in [-0.2, 0) is 13.0 Å². The molecular formula is C27H34N2O3. The number of nitrogens with zero attached hydrogens (tertiary/aromatic N) is 1. The zero-order chi connectivity index (χ0) is 22.3. The van der Waals surface area contributed by atoms with Crippen LogP contribution >= 0.6 is 0 Å². The molecule has 170 valence electrons. The number of carbonyl (C=O) groups is 2. The van der Waals surface area contributed by atoms with Gasteiger partial charge in [0.05, 0.1) is 0 Å². The number of likely N-dealkylation sites (tertiary alicyclic amines) is 1. The Hall–Kier alpha value is -2.66. The maximum absolute atomic E-state index is 13.1. The predicted molar refractivity (Wildman–Crippen MR) is 126 cm³/mol. The van der Waals surface area contributed by atoms with Crippen LogP contribution in [0.4, 0.5) is 4.79 Å². The number of amides is 1. The highest BCUT2D eigenvalue weighted by Gasteiger charge is 2.33. The number of benzene rings is 2. The van der Waals surface area contributed by atoms with Crippen LogP contribution in [-0.4, -0.2) is 36.4 Å². The van der Waals surface area contributed by atoms with E-state index in [0.29, 0.717) is 18.2 Å². The lowest BCUT2D eigenvalue weighted by Gasteiger charge is -2.32. The molecule has 5 heteroatoms. The molecule has 0 aromatic heterocycles. The highest BCUT2D eigenvalue weighted by Crippen LogP contribution is 2.35. The lowest BCUT2D eigenvalue weighted by Crippen LogP contribution is -2.34. The van der Waals surface area contributed by atoms with Crippen LogP contribution in [0.15, 0.2) is 48.5 Å². The number of Topliss-reactive ketones (excluding diaryl/α,β-unsaturated/α-hetero) is 1. The van der Waals surface area contributed by atoms with Crippen LogP contribution in [0.25, 0.3) is 0 Å². The Morgan fingerprint density at radius 1 is 1.12 bits per heavy atom. The van der Waals surface area contributed by atoms with Crippen molar-refractivity contribution in [1.29, 1.82) is 0 Å². The molecule has 1 aliphatic carbocycles. The number of hydrogen-bond donors (Lipinski definition) is 1. The van der Waals surface area contributed by atoms with E-state index in [0.717, 1.165) is 69.3 Å². The average molecular weight is 435 g/mol. The third-order valence-electron chi connectivity index (χ3n) is 6.77. The van der Waals surface area contributed by atoms with Gasteiger partial charge in [-0.25, -0.2) is 4.79 Å². The molecule has 0 spiro atoms. The van der Waals surface area contributed by atoms with Crippen molar-refractivity contribution in [3.05, 3.63) is 65.2 Å². The fourth-order valence-corrected chi connectivity index (χ4v) is 4.93. The van der Waals surface area contributed by atoms with Gasteiger partial charge in [-0.3, -0.25) is 9.69 Å². The summed E-state index contributed by atoms with van der Waals surface area (Å²) >= 11 is 0. The van der Waals surface area contributed by atoms with E-state index in [2.05, 4.69) is 47.5 Å². The lowest BCUT2D eigenvalue weighted by molar-refractivity contribution is 0.0895. The zero-order valence-corrected chi connectivity index (χ0v) is 19.0. The molecule has 1 amide bonds. The molecule has 0 saturated carbocycles. The molecule has 1 heterocycles. The van der Waals surface area contributed by atoms with Crippen LogP contribution in [0.2, 0.25) is 0 Å². The Balaban J connectivity index is 1.26. The van der Waals surface area contributed by atoms with Crippen molar-refractivity contribution in [2.24, 2.45) is 11.8 Å². The Bertz CT molecular complexity index is 920. The Morgan fingerprint density at radius 3 is 2.66 bits per heavy atom. The first kappa shape index (κ1) is 22.5. The van der Waals surface area contributed by atoms with Crippen molar-refractivity contribution in [3.8, 4) is 5.75 Å². The quantitative estimate of drug-likeness (QED) is 0.578. The number of nitrogens with one attached hydrogen (secondary N) is 1. The lowest BCUT2D eigenvalue weighted by atomic mass is 9.85. The number of hydrogen-bond acceptors (Lipinski definition) is 4. The van der Waals surface area contributed by atoms with E-state index in [4.69, 9.17) is 4.74 Å². The van der Waals surface area contributed by atoms with Crippen molar-refractivity contribution >= 4 is 11.9 Å². The van der Waals surface area contributed by atoms with Crippen molar-refractivity contribution < 1.29 is 14.3 Å². The fourth-order valence-electron chi connectivity index (χ4n) is 4.93. The summed E-state index contributed by atoms with van der Waals surface area (Å²) in [4.78, 5) is 27.5. The fraction of sp³-hybridized carbons (Fsp3) is 0.481. The molecule has 0 bridgehead atoms. The van der Waals surface area contributed by atoms with Gasteiger partial charge < -0.3 is 10.1 Å². The summed E-state index contributed by atoms with van der Waals surface area (Å²) in [6.45, 7) is 5.88. The summed E-state index contributed by atoms with van der Waals surface area (Å²) in [7, 11) is 0. The molecule has 1 aliphatic heterocycles. The summed E-state index contributed by atoms with van der Waals surface area (Å²) in [5.41, 5.74) is 3.18. The summed E-state index contributed by atoms with van der Waals surface area (Å²) in [5.74, 6) is 1.32. The van der Waals surface area contributed by atoms with Gasteiger partial charge in [0.25, 0.3) is 0 Å². The summed E-state index contributed by atoms with van der Waals surface area (Å²) in [6, 6.07) is 16.1. The maximum Gasteiger partial charge on any atom is 0.412 e. The minimum Gasteiger partial charge on any atom is -0.410 e. The van der Waals surface area contributed by atoms with E-state index in [-0.39, 0.29) is 11.7 Å². The molecule has 32 heavy (non-hydrogen) atoms. The summed E-state index contributed by atoms with van der Waals surface area (Å²) in [6.07, 6.45) is 5.55. The number of fused-ring (bicyclic) bond motifs is 1. The molecule has 1 unspecified atom stereocenters. The number of piperidine rings is 1. The van der Waals surface area contributed by atoms with Gasteiger partial charge in [0.1, 0.15) is 5.75 Å². The minimum absolute atomic E-state index is 0.0595. The third-order valence-corrected chi connectivity index (χ3v) is 6.77. The SMILES string of the molecule is CCCCNC(=O)Oc1ccc2c(c1)C(=O)C(CC1CCN(Cc3ccccc3)CC1)C2. The zero-order valence-electron chi connectivity index (χ0n) is 19.0. The molecule has 1 atom stereocenters. The van der Waals surface area contributed by atoms with E-state index < -0.39 is 6.09 Å². The molecule has 5 nitrogen and oxygen atoms in total. The van der Waals surface area contributed by atoms with Crippen molar-refractivity contribution in [2.75, 3.05) is 19.6 Å². The Kier molecular flexibility index (Phi) is 7.59. The second-order valence-electron chi connectivity index (χ2n) is 9.19. The molecule has 0 radical (unpaired) electrons. The van der Waals surface area contributed by atoms with Gasteiger partial charge >= 0.3 is 6.09 Å². The van der Waals surface area contributed by atoms with Crippen molar-refractivity contribution in [3.63, 3.8) is 0 Å². The Morgan fingerprint density at radius 2 is 1.91 bits per heavy atom. The first-order valence-electron chi connectivity index (χ1n) is 12.0. The van der Waals surface area contributed by atoms with Gasteiger partial charge in [0.2, 0.25) is 0 Å². The van der Waals surface area contributed by atoms with E-state index in [1.165, 1.54) is 5.56 Å². The average Bonchev–Trinajstić information content (AvgIpc) is 3.11. The molecule has 1 saturated heterocycles. The molecular weight excluding hydrogens is 400 g/mol. The molecule has 1 fully saturated rings. The van der Waals surface area contributed by atoms with E-state index in [1.54, 1.807) is 12.1 Å². The van der Waals surface area contributed by atoms with E-state index in [9.17, 15) is 9.59 Å². The van der Waals surface area contributed by atoms with Gasteiger partial charge in [0.15, 0.2) is 5.78 Å². The highest BCUT2D eigenvalue weighted by atomic mass is 16.6. The monoisotopic (exact) mass is 434 g/mol. The highest BCUT2D eigenvalue weighted by molar-refractivity contribution is 6.02. The van der Waals surface area contributed by atoms with Crippen LogP contribution in [0.5, 0.6) is 5.75 Å². The van der Waals surface area contributed by atoms with Crippen molar-refractivity contribution in [1.82, 2.24) is 10.2 Å². The van der Waals surface area contributed by atoms with Crippen LogP contribution in [0.3, 0.4) is 0 Å². The number of rotatable bonds is 8. The van der Waals surface area contributed by atoms with Gasteiger partial charge in [-0.15, -0.1) is 0 Å². The van der Waals surface area contributed by atoms with Crippen LogP contribution < -0.4 is 10.1 Å². The molecule has 4 rings (SSSR count). The predicted octanol–water partition coefficient (Wildman–Crippen LogP) is 5.23. The number of ether oxygens (including phenoxy) is 1. The summed E-state index contributed by atoms with van der Waals surface area (Å²) < 4.78 is 5.37. The Labute approximate surface area is 191 Å². The molecule has 1 N–H and O–H groups in total. The van der Waals surface area contributed by atoms with Crippen LogP contribution in [0.1, 0.15) is 60.5 Å². The summed E-state index contributed by atoms with van der Waals surface area (Å²) in [5, 5.41) is 2.74. The number of ketones is 1. The second kappa shape index (κ2) is 10.8. The van der Waals surface area contributed by atoms with Crippen LogP contribution in [0, 0.1) is 11.8 Å². The number of unbranched alkanes of at least 4 members (excludes halogenated alkanes) is 1. The van der Waals surface area contributed by atoms with E-state index in [1.807, 2.05) is 6.07 Å². The van der Waals surface area contributed by atoms with Gasteiger partial charge in [0, 0.05) is 24.6 Å². The topological polar surface area (TPSA) is 58.6 Å². The van der Waals surface area contributed by atoms with E-state index >= 15 is 0 Å². The first-order valence-corrected chi connectivity index (χ1v) is 12.0. The maximum atomic E-state index is 13.1. The molecule has 2 aliphatic rings. The minimum atomic E-state index is -0.456. The first-order chi connectivity index (χ1) is 15.6. The third kappa shape index (κ3) is 5.77. The second-order valence-corrected chi connectivity index (χ2v) is 9.19. The smallest absolute Gasteiger partial charge is 0.410 e. The molecule has 2 aromatic carbocycles. The normalized spacial score (nSPS) is 19.0. The standard InChI is InChI=1S/C27H34N2O3/c1-2-3-13-28-27(31)32-24-10-9-22-17-23(26(30)25(22)18-24)16-20-11-14-29(15-12-20)19-21-7-5-4-6-8-21/h4-10,18,20,23H,2-3,11-17,19H2,1H3,(H,28,31). The van der Waals surface area contributed by atoms with Gasteiger partial charge in [-0.05, 0) is 74.4 Å². The molecule has 2 aromatic rings.